The molecule has 0 saturated heterocycles. The first-order valence-corrected chi connectivity index (χ1v) is 5.49. The van der Waals surface area contributed by atoms with Crippen LogP contribution in [-0.2, 0) is 0 Å². The second-order valence-corrected chi connectivity index (χ2v) is 4.50. The van der Waals surface area contributed by atoms with E-state index < -0.39 is 0 Å². The molecule has 0 aliphatic heterocycles. The molecular formula is C13H15NO3. The number of phenols is 2. The first-order valence-electron chi connectivity index (χ1n) is 5.49. The van der Waals surface area contributed by atoms with E-state index >= 15 is 0 Å². The summed E-state index contributed by atoms with van der Waals surface area (Å²) in [6, 6.07) is 2.91. The van der Waals surface area contributed by atoms with Crippen LogP contribution in [0.25, 0.3) is 10.9 Å². The minimum absolute atomic E-state index is 0.118. The fraction of sp³-hybridized carbons (Fsp3) is 0.308. The Morgan fingerprint density at radius 2 is 1.76 bits per heavy atom. The predicted molar refractivity (Wildman–Crippen MR) is 66.7 cm³/mol. The fourth-order valence-electron chi connectivity index (χ4n) is 1.94. The summed E-state index contributed by atoms with van der Waals surface area (Å²) in [6.45, 7) is 5.73. The summed E-state index contributed by atoms with van der Waals surface area (Å²) in [5.74, 6) is -0.481. The summed E-state index contributed by atoms with van der Waals surface area (Å²) < 4.78 is 1.91. The Labute approximate surface area is 98.8 Å². The Morgan fingerprint density at radius 3 is 2.35 bits per heavy atom. The molecule has 17 heavy (non-hydrogen) atoms. The van der Waals surface area contributed by atoms with Crippen LogP contribution in [0.15, 0.2) is 23.1 Å². The van der Waals surface area contributed by atoms with Crippen molar-refractivity contribution in [3.63, 3.8) is 0 Å². The molecule has 0 aliphatic rings. The molecule has 0 bridgehead atoms. The van der Waals surface area contributed by atoms with Crippen molar-refractivity contribution in [2.75, 3.05) is 0 Å². The average molecular weight is 233 g/mol. The lowest BCUT2D eigenvalue weighted by Gasteiger charge is -2.16. The van der Waals surface area contributed by atoms with E-state index in [1.165, 1.54) is 12.1 Å². The van der Waals surface area contributed by atoms with Crippen molar-refractivity contribution in [1.29, 1.82) is 0 Å². The summed E-state index contributed by atoms with van der Waals surface area (Å²) in [5, 5.41) is 19.4. The lowest BCUT2D eigenvalue weighted by atomic mass is 10.1. The molecule has 1 heterocycles. The number of aromatic nitrogens is 1. The second kappa shape index (κ2) is 3.80. The highest BCUT2D eigenvalue weighted by molar-refractivity contribution is 5.83. The third kappa shape index (κ3) is 1.75. The molecular weight excluding hydrogens is 218 g/mol. The lowest BCUT2D eigenvalue weighted by Crippen LogP contribution is -2.13. The van der Waals surface area contributed by atoms with Crippen molar-refractivity contribution in [3.05, 3.63) is 34.1 Å². The predicted octanol–water partition coefficient (Wildman–Crippen LogP) is 2.30. The topological polar surface area (TPSA) is 62.5 Å². The maximum atomic E-state index is 12.0. The van der Waals surface area contributed by atoms with Gasteiger partial charge in [-0.05, 0) is 26.8 Å². The van der Waals surface area contributed by atoms with Gasteiger partial charge in [-0.1, -0.05) is 0 Å². The van der Waals surface area contributed by atoms with Crippen LogP contribution in [0, 0.1) is 6.92 Å². The van der Waals surface area contributed by atoms with Gasteiger partial charge in [0.05, 0.1) is 5.52 Å². The van der Waals surface area contributed by atoms with Gasteiger partial charge >= 0.3 is 0 Å². The normalized spacial score (nSPS) is 11.3. The maximum Gasteiger partial charge on any atom is 0.192 e. The zero-order valence-corrected chi connectivity index (χ0v) is 10.1. The van der Waals surface area contributed by atoms with Crippen molar-refractivity contribution in [2.45, 2.75) is 26.8 Å². The zero-order chi connectivity index (χ0) is 12.7. The van der Waals surface area contributed by atoms with Crippen LogP contribution in [0.5, 0.6) is 11.5 Å². The van der Waals surface area contributed by atoms with Crippen LogP contribution in [-0.4, -0.2) is 14.8 Å². The van der Waals surface area contributed by atoms with E-state index in [1.807, 2.05) is 18.4 Å². The molecule has 1 aromatic heterocycles. The number of nitrogens with zero attached hydrogens (tertiary/aromatic N) is 1. The van der Waals surface area contributed by atoms with Crippen molar-refractivity contribution < 1.29 is 10.2 Å². The number of phenolic OH excluding ortho intramolecular Hbond substituents is 2. The number of hydrogen-bond donors (Lipinski definition) is 2. The summed E-state index contributed by atoms with van der Waals surface area (Å²) >= 11 is 0. The summed E-state index contributed by atoms with van der Waals surface area (Å²) in [5.41, 5.74) is 1.13. The molecule has 90 valence electrons. The Bertz CT molecular complexity index is 641. The molecule has 2 rings (SSSR count). The van der Waals surface area contributed by atoms with Crippen LogP contribution in [0.4, 0.5) is 0 Å². The van der Waals surface area contributed by atoms with E-state index in [9.17, 15) is 15.0 Å². The van der Waals surface area contributed by atoms with Gasteiger partial charge in [0, 0.05) is 29.3 Å². The highest BCUT2D eigenvalue weighted by atomic mass is 16.3. The van der Waals surface area contributed by atoms with E-state index in [0.717, 1.165) is 0 Å². The molecule has 4 heteroatoms. The summed E-state index contributed by atoms with van der Waals surface area (Å²) in [4.78, 5) is 12.0. The number of pyridine rings is 1. The number of hydrogen-bond acceptors (Lipinski definition) is 3. The molecule has 2 N–H and O–H groups in total. The molecule has 4 nitrogen and oxygen atoms in total. The first-order chi connectivity index (χ1) is 7.91. The second-order valence-electron chi connectivity index (χ2n) is 4.50. The van der Waals surface area contributed by atoms with Gasteiger partial charge in [0.2, 0.25) is 0 Å². The number of aryl methyl sites for hydroxylation is 1. The Kier molecular flexibility index (Phi) is 2.58. The van der Waals surface area contributed by atoms with Gasteiger partial charge in [0.15, 0.2) is 16.9 Å². The van der Waals surface area contributed by atoms with Crippen LogP contribution in [0.2, 0.25) is 0 Å². The third-order valence-electron chi connectivity index (χ3n) is 2.86. The number of benzene rings is 1. The molecule has 0 aliphatic carbocycles. The van der Waals surface area contributed by atoms with Gasteiger partial charge in [-0.3, -0.25) is 4.79 Å². The van der Waals surface area contributed by atoms with E-state index in [-0.39, 0.29) is 23.0 Å². The Morgan fingerprint density at radius 1 is 1.18 bits per heavy atom. The lowest BCUT2D eigenvalue weighted by molar-refractivity contribution is 0.404. The number of fused-ring (bicyclic) bond motifs is 1. The van der Waals surface area contributed by atoms with Gasteiger partial charge in [0.1, 0.15) is 0 Å². The van der Waals surface area contributed by atoms with Crippen LogP contribution < -0.4 is 5.43 Å². The smallest absolute Gasteiger partial charge is 0.192 e. The molecule has 0 unspecified atom stereocenters. The highest BCUT2D eigenvalue weighted by Gasteiger charge is 2.11. The van der Waals surface area contributed by atoms with Crippen molar-refractivity contribution >= 4 is 10.9 Å². The molecule has 1 aromatic carbocycles. The van der Waals surface area contributed by atoms with Crippen LogP contribution in [0.3, 0.4) is 0 Å². The van der Waals surface area contributed by atoms with Gasteiger partial charge in [-0.2, -0.15) is 0 Å². The zero-order valence-electron chi connectivity index (χ0n) is 10.1. The van der Waals surface area contributed by atoms with E-state index in [4.69, 9.17) is 0 Å². The minimum Gasteiger partial charge on any atom is -0.504 e. The SMILES string of the molecule is Cc1cn(C(C)C)c2cc(O)c(O)cc2c1=O. The molecule has 0 spiro atoms. The van der Waals surface area contributed by atoms with Crippen LogP contribution in [0.1, 0.15) is 25.5 Å². The van der Waals surface area contributed by atoms with E-state index in [2.05, 4.69) is 0 Å². The first kappa shape index (κ1) is 11.5. The molecule has 0 radical (unpaired) electrons. The van der Waals surface area contributed by atoms with E-state index in [0.29, 0.717) is 16.5 Å². The Hall–Kier alpha value is -1.97. The van der Waals surface area contributed by atoms with Gasteiger partial charge in [-0.25, -0.2) is 0 Å². The maximum absolute atomic E-state index is 12.0. The molecule has 0 fully saturated rings. The fourth-order valence-corrected chi connectivity index (χ4v) is 1.94. The number of rotatable bonds is 1. The monoisotopic (exact) mass is 233 g/mol. The molecule has 0 saturated carbocycles. The van der Waals surface area contributed by atoms with Gasteiger partial charge in [-0.15, -0.1) is 0 Å². The van der Waals surface area contributed by atoms with Crippen LogP contribution >= 0.6 is 0 Å². The third-order valence-corrected chi connectivity index (χ3v) is 2.86. The quantitative estimate of drug-likeness (QED) is 0.743. The minimum atomic E-state index is -0.268. The summed E-state index contributed by atoms with van der Waals surface area (Å²) in [6.07, 6.45) is 1.77. The standard InChI is InChI=1S/C13H15NO3/c1-7(2)14-6-8(3)13(17)9-4-11(15)12(16)5-10(9)14/h4-7,15-16H,1-3H3. The molecule has 2 aromatic rings. The summed E-state index contributed by atoms with van der Waals surface area (Å²) in [7, 11) is 0. The molecule has 0 atom stereocenters. The molecule has 0 amide bonds. The average Bonchev–Trinajstić information content (AvgIpc) is 2.26. The Balaban J connectivity index is 2.99. The highest BCUT2D eigenvalue weighted by Crippen LogP contribution is 2.29. The largest absolute Gasteiger partial charge is 0.504 e. The number of aromatic hydroxyl groups is 2. The van der Waals surface area contributed by atoms with Crippen molar-refractivity contribution in [2.24, 2.45) is 0 Å². The van der Waals surface area contributed by atoms with Gasteiger partial charge in [0.25, 0.3) is 0 Å². The van der Waals surface area contributed by atoms with Crippen molar-refractivity contribution in [1.82, 2.24) is 4.57 Å². The van der Waals surface area contributed by atoms with E-state index in [1.54, 1.807) is 13.1 Å². The van der Waals surface area contributed by atoms with Crippen molar-refractivity contribution in [3.8, 4) is 11.5 Å². The van der Waals surface area contributed by atoms with Gasteiger partial charge < -0.3 is 14.8 Å².